The molecule has 0 unspecified atom stereocenters. The zero-order chi connectivity index (χ0) is 16.6. The molecule has 3 atom stereocenters. The van der Waals surface area contributed by atoms with E-state index in [4.69, 9.17) is 9.47 Å². The Kier molecular flexibility index (Phi) is 4.12. The number of carboxylic acids is 1. The molecule has 2 fully saturated rings. The fourth-order valence-corrected chi connectivity index (χ4v) is 3.34. The van der Waals surface area contributed by atoms with Gasteiger partial charge >= 0.3 is 5.97 Å². The molecule has 2 aliphatic heterocycles. The molecule has 2 aliphatic rings. The van der Waals surface area contributed by atoms with Gasteiger partial charge in [0.05, 0.1) is 6.04 Å². The molecule has 2 saturated heterocycles. The summed E-state index contributed by atoms with van der Waals surface area (Å²) in [7, 11) is 0. The summed E-state index contributed by atoms with van der Waals surface area (Å²) in [6.45, 7) is 3.84. The quantitative estimate of drug-likeness (QED) is 0.921. The van der Waals surface area contributed by atoms with Gasteiger partial charge in [0.1, 0.15) is 0 Å². The van der Waals surface area contributed by atoms with Crippen molar-refractivity contribution in [2.75, 3.05) is 6.54 Å². The van der Waals surface area contributed by atoms with E-state index < -0.39 is 24.0 Å². The first kappa shape index (κ1) is 16.0. The summed E-state index contributed by atoms with van der Waals surface area (Å²) in [5.74, 6) is -2.57. The minimum atomic E-state index is -1.27. The van der Waals surface area contributed by atoms with Crippen molar-refractivity contribution in [2.45, 2.75) is 50.7 Å². The van der Waals surface area contributed by atoms with Crippen LogP contribution < -0.4 is 0 Å². The van der Waals surface area contributed by atoms with E-state index in [1.54, 1.807) is 18.7 Å². The highest BCUT2D eigenvalue weighted by Crippen LogP contribution is 2.36. The molecule has 0 aliphatic carbocycles. The van der Waals surface area contributed by atoms with Crippen molar-refractivity contribution < 1.29 is 24.2 Å². The normalized spacial score (nSPS) is 29.7. The smallest absolute Gasteiger partial charge is 0.336 e. The van der Waals surface area contributed by atoms with Gasteiger partial charge in [0.2, 0.25) is 0 Å². The summed E-state index contributed by atoms with van der Waals surface area (Å²) in [5, 5.41) is 9.31. The lowest BCUT2D eigenvalue weighted by Gasteiger charge is -2.28. The van der Waals surface area contributed by atoms with Gasteiger partial charge in [-0.3, -0.25) is 4.79 Å². The lowest BCUT2D eigenvalue weighted by molar-refractivity contribution is -0.167. The van der Waals surface area contributed by atoms with Gasteiger partial charge in [-0.2, -0.15) is 0 Å². The van der Waals surface area contributed by atoms with Crippen molar-refractivity contribution in [3.63, 3.8) is 0 Å². The van der Waals surface area contributed by atoms with Gasteiger partial charge in [0, 0.05) is 6.54 Å². The number of hydrogen-bond acceptors (Lipinski definition) is 4. The van der Waals surface area contributed by atoms with Crippen LogP contribution in [0.4, 0.5) is 0 Å². The van der Waals surface area contributed by atoms with Gasteiger partial charge in [-0.05, 0) is 32.3 Å². The minimum absolute atomic E-state index is 0.0366. The number of nitrogens with zero attached hydrogens (tertiary/aromatic N) is 1. The zero-order valence-electron chi connectivity index (χ0n) is 13.3. The summed E-state index contributed by atoms with van der Waals surface area (Å²) in [4.78, 5) is 26.0. The van der Waals surface area contributed by atoms with Crippen LogP contribution in [0.5, 0.6) is 0 Å². The predicted molar refractivity (Wildman–Crippen MR) is 81.6 cm³/mol. The summed E-state index contributed by atoms with van der Waals surface area (Å²) in [5.41, 5.74) is 1.06. The number of rotatable bonds is 3. The summed E-state index contributed by atoms with van der Waals surface area (Å²) < 4.78 is 11.0. The fraction of sp³-hybridized carbons (Fsp3) is 0.529. The number of carboxylic acid groups (broad SMARTS) is 1. The Morgan fingerprint density at radius 1 is 1.17 bits per heavy atom. The van der Waals surface area contributed by atoms with Gasteiger partial charge < -0.3 is 19.5 Å². The van der Waals surface area contributed by atoms with Crippen LogP contribution in [0, 0.1) is 0 Å². The fourth-order valence-electron chi connectivity index (χ4n) is 3.34. The molecule has 1 amide bonds. The molecule has 23 heavy (non-hydrogen) atoms. The van der Waals surface area contributed by atoms with Crippen molar-refractivity contribution in [1.29, 1.82) is 0 Å². The molecule has 0 saturated carbocycles. The molecule has 1 aromatic carbocycles. The van der Waals surface area contributed by atoms with E-state index in [2.05, 4.69) is 0 Å². The third-order valence-electron chi connectivity index (χ3n) is 4.30. The van der Waals surface area contributed by atoms with Gasteiger partial charge in [-0.1, -0.05) is 30.3 Å². The van der Waals surface area contributed by atoms with E-state index in [0.717, 1.165) is 18.4 Å². The van der Waals surface area contributed by atoms with Crippen LogP contribution in [-0.2, 0) is 19.1 Å². The lowest BCUT2D eigenvalue weighted by Crippen LogP contribution is -2.46. The first-order valence-electron chi connectivity index (χ1n) is 7.83. The average molecular weight is 319 g/mol. The Bertz CT molecular complexity index is 600. The second-order valence-electron chi connectivity index (χ2n) is 6.42. The molecule has 2 heterocycles. The van der Waals surface area contributed by atoms with E-state index in [9.17, 15) is 14.7 Å². The summed E-state index contributed by atoms with van der Waals surface area (Å²) in [6.07, 6.45) is -0.619. The van der Waals surface area contributed by atoms with Crippen LogP contribution in [0.3, 0.4) is 0 Å². The summed E-state index contributed by atoms with van der Waals surface area (Å²) in [6, 6.07) is 9.75. The number of carbonyl (C=O) groups is 2. The summed E-state index contributed by atoms with van der Waals surface area (Å²) >= 11 is 0. The van der Waals surface area contributed by atoms with Crippen LogP contribution in [-0.4, -0.2) is 46.4 Å². The molecular formula is C17H21NO5. The zero-order valence-corrected chi connectivity index (χ0v) is 13.3. The lowest BCUT2D eigenvalue weighted by atomic mass is 10.0. The van der Waals surface area contributed by atoms with E-state index >= 15 is 0 Å². The van der Waals surface area contributed by atoms with Crippen LogP contribution in [0.25, 0.3) is 0 Å². The molecule has 0 spiro atoms. The number of aliphatic carboxylic acids is 1. The Balaban J connectivity index is 1.83. The van der Waals surface area contributed by atoms with Crippen LogP contribution in [0.15, 0.2) is 30.3 Å². The van der Waals surface area contributed by atoms with Crippen LogP contribution in [0.2, 0.25) is 0 Å². The van der Waals surface area contributed by atoms with Gasteiger partial charge in [0.15, 0.2) is 18.0 Å². The van der Waals surface area contributed by atoms with Crippen molar-refractivity contribution in [3.8, 4) is 0 Å². The number of likely N-dealkylation sites (tertiary alicyclic amines) is 1. The first-order valence-corrected chi connectivity index (χ1v) is 7.83. The number of ether oxygens (including phenoxy) is 2. The van der Waals surface area contributed by atoms with E-state index in [1.165, 1.54) is 0 Å². The van der Waals surface area contributed by atoms with Crippen LogP contribution in [0.1, 0.15) is 38.3 Å². The third-order valence-corrected chi connectivity index (χ3v) is 4.30. The van der Waals surface area contributed by atoms with Gasteiger partial charge in [-0.15, -0.1) is 0 Å². The number of hydrogen-bond donors (Lipinski definition) is 1. The second-order valence-corrected chi connectivity index (χ2v) is 6.42. The molecule has 1 N–H and O–H groups in total. The number of benzene rings is 1. The molecule has 1 aromatic rings. The molecule has 3 rings (SSSR count). The maximum atomic E-state index is 12.9. The van der Waals surface area contributed by atoms with Crippen molar-refractivity contribution in [2.24, 2.45) is 0 Å². The Hall–Kier alpha value is -1.92. The number of carbonyl (C=O) groups excluding carboxylic acids is 1. The molecule has 0 radical (unpaired) electrons. The van der Waals surface area contributed by atoms with E-state index in [0.29, 0.717) is 6.54 Å². The molecule has 124 valence electrons. The molecule has 6 heteroatoms. The maximum absolute atomic E-state index is 12.9. The predicted octanol–water partition coefficient (Wildman–Crippen LogP) is 1.95. The monoisotopic (exact) mass is 319 g/mol. The highest BCUT2D eigenvalue weighted by molar-refractivity contribution is 5.89. The van der Waals surface area contributed by atoms with Gasteiger partial charge in [0.25, 0.3) is 5.91 Å². The Labute approximate surface area is 135 Å². The maximum Gasteiger partial charge on any atom is 0.336 e. The molecule has 0 aromatic heterocycles. The topological polar surface area (TPSA) is 76.1 Å². The molecule has 0 bridgehead atoms. The Morgan fingerprint density at radius 2 is 1.83 bits per heavy atom. The SMILES string of the molecule is CC1(C)O[C@@H](C(=O)O)[C@H](C(=O)N2CCC[C@@H]2c2ccccc2)O1. The standard InChI is InChI=1S/C17H21NO5/c1-17(2)22-13(14(23-17)16(20)21)15(19)18-10-6-9-12(18)11-7-4-3-5-8-11/h3-5,7-8,12-14H,6,9-10H2,1-2H3,(H,20,21)/t12-,13-,14-/m1/s1. The highest BCUT2D eigenvalue weighted by atomic mass is 16.8. The number of amides is 1. The molecule has 6 nitrogen and oxygen atoms in total. The minimum Gasteiger partial charge on any atom is -0.479 e. The highest BCUT2D eigenvalue weighted by Gasteiger charge is 2.51. The van der Waals surface area contributed by atoms with E-state index in [-0.39, 0.29) is 11.9 Å². The van der Waals surface area contributed by atoms with Crippen molar-refractivity contribution in [3.05, 3.63) is 35.9 Å². The third kappa shape index (κ3) is 3.09. The van der Waals surface area contributed by atoms with Crippen LogP contribution >= 0.6 is 0 Å². The first-order chi connectivity index (χ1) is 10.9. The van der Waals surface area contributed by atoms with E-state index in [1.807, 2.05) is 30.3 Å². The van der Waals surface area contributed by atoms with Crippen molar-refractivity contribution in [1.82, 2.24) is 4.90 Å². The van der Waals surface area contributed by atoms with Gasteiger partial charge in [-0.25, -0.2) is 4.79 Å². The average Bonchev–Trinajstić information content (AvgIpc) is 3.11. The second kappa shape index (κ2) is 5.94. The Morgan fingerprint density at radius 3 is 2.48 bits per heavy atom. The largest absolute Gasteiger partial charge is 0.479 e. The molecular weight excluding hydrogens is 298 g/mol. The van der Waals surface area contributed by atoms with Crippen molar-refractivity contribution >= 4 is 11.9 Å².